The quantitative estimate of drug-likeness (QED) is 0.588. The predicted molar refractivity (Wildman–Crippen MR) is 96.4 cm³/mol. The first-order chi connectivity index (χ1) is 10.7. The van der Waals surface area contributed by atoms with Gasteiger partial charge in [0.05, 0.1) is 0 Å². The SMILES string of the molecule is C/C=C\C(=C/C)C1=CC(c2ccccc2)=CC2=C(C)C1C2C. The molecule has 1 aromatic carbocycles. The number of fused-ring (bicyclic) bond motifs is 1. The van der Waals surface area contributed by atoms with Gasteiger partial charge in [-0.25, -0.2) is 0 Å². The molecule has 0 fully saturated rings. The Bertz CT molecular complexity index is 721. The summed E-state index contributed by atoms with van der Waals surface area (Å²) < 4.78 is 0. The van der Waals surface area contributed by atoms with E-state index in [1.165, 1.54) is 33.4 Å². The van der Waals surface area contributed by atoms with Gasteiger partial charge in [0, 0.05) is 5.92 Å². The fourth-order valence-corrected chi connectivity index (χ4v) is 3.81. The molecule has 2 atom stereocenters. The first-order valence-electron chi connectivity index (χ1n) is 8.16. The van der Waals surface area contributed by atoms with E-state index in [4.69, 9.17) is 0 Å². The summed E-state index contributed by atoms with van der Waals surface area (Å²) in [6.07, 6.45) is 11.4. The Labute approximate surface area is 134 Å². The van der Waals surface area contributed by atoms with Crippen LogP contribution < -0.4 is 0 Å². The number of hydrogen-bond donors (Lipinski definition) is 0. The van der Waals surface area contributed by atoms with Gasteiger partial charge in [0.15, 0.2) is 0 Å². The Kier molecular flexibility index (Phi) is 4.02. The molecular formula is C22H24. The van der Waals surface area contributed by atoms with Crippen molar-refractivity contribution < 1.29 is 0 Å². The first-order valence-corrected chi connectivity index (χ1v) is 8.16. The third-order valence-electron chi connectivity index (χ3n) is 4.97. The van der Waals surface area contributed by atoms with Gasteiger partial charge >= 0.3 is 0 Å². The van der Waals surface area contributed by atoms with Crippen LogP contribution in [0.1, 0.15) is 33.3 Å². The molecule has 0 aliphatic heterocycles. The Balaban J connectivity index is 2.15. The van der Waals surface area contributed by atoms with Crippen LogP contribution >= 0.6 is 0 Å². The van der Waals surface area contributed by atoms with Gasteiger partial charge in [-0.1, -0.05) is 67.1 Å². The minimum atomic E-state index is 0.565. The minimum Gasteiger partial charge on any atom is -0.0871 e. The van der Waals surface area contributed by atoms with Gasteiger partial charge in [0.1, 0.15) is 0 Å². The highest BCUT2D eigenvalue weighted by atomic mass is 14.4. The van der Waals surface area contributed by atoms with E-state index in [0.717, 1.165) is 0 Å². The Morgan fingerprint density at radius 1 is 1.05 bits per heavy atom. The Morgan fingerprint density at radius 2 is 1.77 bits per heavy atom. The zero-order valence-corrected chi connectivity index (χ0v) is 13.9. The summed E-state index contributed by atoms with van der Waals surface area (Å²) in [5.41, 5.74) is 8.50. The molecule has 112 valence electrons. The maximum Gasteiger partial charge on any atom is 0.0123 e. The van der Waals surface area contributed by atoms with Crippen LogP contribution in [0.15, 0.2) is 83.0 Å². The molecule has 2 unspecified atom stereocenters. The van der Waals surface area contributed by atoms with Crippen molar-refractivity contribution in [2.45, 2.75) is 27.7 Å². The molecule has 0 aromatic heterocycles. The zero-order valence-electron chi connectivity index (χ0n) is 13.9. The summed E-state index contributed by atoms with van der Waals surface area (Å²) in [5, 5.41) is 0. The van der Waals surface area contributed by atoms with Crippen LogP contribution in [0.2, 0.25) is 0 Å². The van der Waals surface area contributed by atoms with Crippen LogP contribution in [0.4, 0.5) is 0 Å². The largest absolute Gasteiger partial charge is 0.0871 e. The standard InChI is InChI=1S/C22H24/c1-5-10-17(6-2)21-14-19(18-11-8-7-9-12-18)13-20-15(3)22(21)16(20)4/h5-15,22H,1-4H3/b10-5-,17-6+. The molecule has 22 heavy (non-hydrogen) atoms. The van der Waals surface area contributed by atoms with Crippen LogP contribution in [-0.4, -0.2) is 0 Å². The van der Waals surface area contributed by atoms with Crippen LogP contribution in [0.5, 0.6) is 0 Å². The van der Waals surface area contributed by atoms with E-state index in [2.05, 4.69) is 88.4 Å². The van der Waals surface area contributed by atoms with Crippen LogP contribution in [0, 0.1) is 11.8 Å². The minimum absolute atomic E-state index is 0.565. The van der Waals surface area contributed by atoms with Gasteiger partial charge in [-0.15, -0.1) is 0 Å². The third kappa shape index (κ3) is 2.33. The summed E-state index contributed by atoms with van der Waals surface area (Å²) >= 11 is 0. The fraction of sp³-hybridized carbons (Fsp3) is 0.273. The van der Waals surface area contributed by atoms with Gasteiger partial charge < -0.3 is 0 Å². The topological polar surface area (TPSA) is 0 Å². The smallest absolute Gasteiger partial charge is 0.0123 e. The molecule has 0 saturated heterocycles. The Morgan fingerprint density at radius 3 is 2.36 bits per heavy atom. The van der Waals surface area contributed by atoms with E-state index in [-0.39, 0.29) is 0 Å². The molecule has 4 rings (SSSR count). The predicted octanol–water partition coefficient (Wildman–Crippen LogP) is 6.11. The van der Waals surface area contributed by atoms with Crippen molar-refractivity contribution in [2.24, 2.45) is 11.8 Å². The van der Waals surface area contributed by atoms with Gasteiger partial charge in [0.25, 0.3) is 0 Å². The van der Waals surface area contributed by atoms with Crippen LogP contribution in [0.25, 0.3) is 5.57 Å². The van der Waals surface area contributed by atoms with Crippen molar-refractivity contribution in [2.75, 3.05) is 0 Å². The number of rotatable bonds is 3. The van der Waals surface area contributed by atoms with E-state index < -0.39 is 0 Å². The Hall–Kier alpha value is -2.08. The zero-order chi connectivity index (χ0) is 15.7. The fourth-order valence-electron chi connectivity index (χ4n) is 3.81. The number of hydrogen-bond acceptors (Lipinski definition) is 0. The van der Waals surface area contributed by atoms with Crippen LogP contribution in [0.3, 0.4) is 0 Å². The molecule has 0 N–H and O–H groups in total. The summed E-state index contributed by atoms with van der Waals surface area (Å²) in [5.74, 6) is 1.18. The lowest BCUT2D eigenvalue weighted by atomic mass is 9.65. The van der Waals surface area contributed by atoms with Crippen molar-refractivity contribution in [3.8, 4) is 0 Å². The van der Waals surface area contributed by atoms with Crippen molar-refractivity contribution in [1.82, 2.24) is 0 Å². The lowest BCUT2D eigenvalue weighted by molar-refractivity contribution is 0.468. The third-order valence-corrected chi connectivity index (χ3v) is 4.97. The van der Waals surface area contributed by atoms with Crippen molar-refractivity contribution in [3.63, 3.8) is 0 Å². The van der Waals surface area contributed by atoms with Gasteiger partial charge in [-0.3, -0.25) is 0 Å². The summed E-state index contributed by atoms with van der Waals surface area (Å²) in [4.78, 5) is 0. The molecule has 1 aromatic rings. The number of allylic oxidation sites excluding steroid dienone is 10. The lowest BCUT2D eigenvalue weighted by Gasteiger charge is -2.38. The second kappa shape index (κ2) is 5.96. The first kappa shape index (κ1) is 14.8. The van der Waals surface area contributed by atoms with E-state index >= 15 is 0 Å². The highest BCUT2D eigenvalue weighted by Gasteiger charge is 2.38. The van der Waals surface area contributed by atoms with Crippen LogP contribution in [-0.2, 0) is 0 Å². The number of benzene rings is 1. The molecule has 0 nitrogen and oxygen atoms in total. The molecule has 0 radical (unpaired) electrons. The highest BCUT2D eigenvalue weighted by Crippen LogP contribution is 2.51. The second-order valence-electron chi connectivity index (χ2n) is 6.21. The average Bonchev–Trinajstić information content (AvgIpc) is 2.81. The van der Waals surface area contributed by atoms with Gasteiger partial charge in [-0.05, 0) is 60.6 Å². The van der Waals surface area contributed by atoms with Crippen molar-refractivity contribution >= 4 is 5.57 Å². The molecular weight excluding hydrogens is 264 g/mol. The molecule has 2 bridgehead atoms. The summed E-state index contributed by atoms with van der Waals surface area (Å²) in [6.45, 7) is 8.87. The second-order valence-corrected chi connectivity index (χ2v) is 6.21. The molecule has 3 aliphatic carbocycles. The molecule has 0 heterocycles. The van der Waals surface area contributed by atoms with E-state index in [9.17, 15) is 0 Å². The molecule has 3 aliphatic rings. The van der Waals surface area contributed by atoms with E-state index in [1.807, 2.05) is 0 Å². The molecule has 0 amide bonds. The monoisotopic (exact) mass is 288 g/mol. The lowest BCUT2D eigenvalue weighted by Crippen LogP contribution is -2.28. The summed E-state index contributed by atoms with van der Waals surface area (Å²) in [6, 6.07) is 10.7. The summed E-state index contributed by atoms with van der Waals surface area (Å²) in [7, 11) is 0. The van der Waals surface area contributed by atoms with Crippen molar-refractivity contribution in [1.29, 1.82) is 0 Å². The van der Waals surface area contributed by atoms with E-state index in [0.29, 0.717) is 11.8 Å². The van der Waals surface area contributed by atoms with Gasteiger partial charge in [-0.2, -0.15) is 0 Å². The highest BCUT2D eigenvalue weighted by molar-refractivity contribution is 5.81. The van der Waals surface area contributed by atoms with Crippen molar-refractivity contribution in [3.05, 3.63) is 88.6 Å². The van der Waals surface area contributed by atoms with E-state index in [1.54, 1.807) is 0 Å². The normalized spacial score (nSPS) is 24.8. The van der Waals surface area contributed by atoms with Gasteiger partial charge in [0.2, 0.25) is 0 Å². The molecule has 0 heteroatoms. The maximum absolute atomic E-state index is 2.40. The average molecular weight is 288 g/mol. The molecule has 0 spiro atoms. The maximum atomic E-state index is 2.40. The molecule has 0 saturated carbocycles.